The summed E-state index contributed by atoms with van der Waals surface area (Å²) >= 11 is 6.09. The molecule has 2 aromatic carbocycles. The Balaban J connectivity index is 1.90. The zero-order valence-electron chi connectivity index (χ0n) is 9.82. The van der Waals surface area contributed by atoms with Crippen molar-refractivity contribution in [3.63, 3.8) is 0 Å². The molecule has 88 valence electrons. The van der Waals surface area contributed by atoms with Crippen molar-refractivity contribution in [3.05, 3.63) is 64.7 Å². The van der Waals surface area contributed by atoms with Crippen LogP contribution in [0, 0.1) is 6.92 Å². The Bertz CT molecular complexity index is 480. The minimum atomic E-state index is 0.646. The van der Waals surface area contributed by atoms with Gasteiger partial charge in [0.25, 0.3) is 0 Å². The molecule has 2 aromatic rings. The maximum Gasteiger partial charge on any atom is 0.137 e. The molecule has 2 rings (SSSR count). The van der Waals surface area contributed by atoms with Crippen molar-refractivity contribution in [3.8, 4) is 5.75 Å². The molecule has 2 heteroatoms. The molecule has 0 atom stereocenters. The van der Waals surface area contributed by atoms with E-state index in [-0.39, 0.29) is 0 Å². The van der Waals surface area contributed by atoms with E-state index in [9.17, 15) is 0 Å². The molecular formula is C15H15ClO. The predicted octanol–water partition coefficient (Wildman–Crippen LogP) is 4.27. The fourth-order valence-corrected chi connectivity index (χ4v) is 1.94. The molecular weight excluding hydrogens is 232 g/mol. The summed E-state index contributed by atoms with van der Waals surface area (Å²) in [6.07, 6.45) is 0.894. The van der Waals surface area contributed by atoms with Gasteiger partial charge in [-0.25, -0.2) is 0 Å². The molecule has 0 aliphatic rings. The van der Waals surface area contributed by atoms with Gasteiger partial charge in [0.2, 0.25) is 0 Å². The van der Waals surface area contributed by atoms with Crippen LogP contribution in [0.25, 0.3) is 0 Å². The van der Waals surface area contributed by atoms with E-state index in [1.807, 2.05) is 43.3 Å². The molecule has 0 saturated carbocycles. The second kappa shape index (κ2) is 5.74. The topological polar surface area (TPSA) is 9.23 Å². The van der Waals surface area contributed by atoms with Crippen molar-refractivity contribution in [2.24, 2.45) is 0 Å². The SMILES string of the molecule is Cc1ccc(OCCc2ccccc2)c(Cl)c1. The third-order valence-corrected chi connectivity index (χ3v) is 2.87. The van der Waals surface area contributed by atoms with Gasteiger partial charge in [-0.2, -0.15) is 0 Å². The van der Waals surface area contributed by atoms with Crippen molar-refractivity contribution in [2.45, 2.75) is 13.3 Å². The van der Waals surface area contributed by atoms with Crippen molar-refractivity contribution in [1.29, 1.82) is 0 Å². The van der Waals surface area contributed by atoms with Crippen LogP contribution in [0.2, 0.25) is 5.02 Å². The minimum Gasteiger partial charge on any atom is -0.492 e. The second-order valence-electron chi connectivity index (χ2n) is 4.02. The largest absolute Gasteiger partial charge is 0.492 e. The molecule has 0 heterocycles. The number of halogens is 1. The van der Waals surface area contributed by atoms with E-state index in [0.29, 0.717) is 11.6 Å². The number of rotatable bonds is 4. The molecule has 0 spiro atoms. The summed E-state index contributed by atoms with van der Waals surface area (Å²) in [5, 5.41) is 0.679. The van der Waals surface area contributed by atoms with Crippen molar-refractivity contribution in [2.75, 3.05) is 6.61 Å². The van der Waals surface area contributed by atoms with Gasteiger partial charge in [-0.3, -0.25) is 0 Å². The Kier molecular flexibility index (Phi) is 4.05. The molecule has 1 nitrogen and oxygen atoms in total. The van der Waals surface area contributed by atoms with Gasteiger partial charge in [0.1, 0.15) is 5.75 Å². The first-order valence-corrected chi connectivity index (χ1v) is 6.06. The lowest BCUT2D eigenvalue weighted by Crippen LogP contribution is -2.01. The van der Waals surface area contributed by atoms with Crippen LogP contribution in [-0.2, 0) is 6.42 Å². The molecule has 0 fully saturated rings. The normalized spacial score (nSPS) is 10.2. The van der Waals surface area contributed by atoms with Crippen LogP contribution in [0.15, 0.2) is 48.5 Å². The van der Waals surface area contributed by atoms with Crippen LogP contribution < -0.4 is 4.74 Å². The number of ether oxygens (including phenoxy) is 1. The number of hydrogen-bond acceptors (Lipinski definition) is 1. The fraction of sp³-hybridized carbons (Fsp3) is 0.200. The molecule has 17 heavy (non-hydrogen) atoms. The van der Waals surface area contributed by atoms with E-state index < -0.39 is 0 Å². The maximum absolute atomic E-state index is 6.09. The highest BCUT2D eigenvalue weighted by Crippen LogP contribution is 2.25. The zero-order chi connectivity index (χ0) is 12.1. The van der Waals surface area contributed by atoms with Gasteiger partial charge in [0.15, 0.2) is 0 Å². The highest BCUT2D eigenvalue weighted by Gasteiger charge is 2.01. The van der Waals surface area contributed by atoms with Gasteiger partial charge in [-0.15, -0.1) is 0 Å². The average molecular weight is 247 g/mol. The van der Waals surface area contributed by atoms with E-state index >= 15 is 0 Å². The Hall–Kier alpha value is -1.47. The molecule has 0 aliphatic carbocycles. The van der Waals surface area contributed by atoms with Crippen LogP contribution in [0.1, 0.15) is 11.1 Å². The standard InChI is InChI=1S/C15H15ClO/c1-12-7-8-15(14(16)11-12)17-10-9-13-5-3-2-4-6-13/h2-8,11H,9-10H2,1H3. The lowest BCUT2D eigenvalue weighted by atomic mass is 10.2. The van der Waals surface area contributed by atoms with E-state index in [4.69, 9.17) is 16.3 Å². The number of benzene rings is 2. The van der Waals surface area contributed by atoms with Gasteiger partial charge < -0.3 is 4.74 Å². The van der Waals surface area contributed by atoms with Crippen molar-refractivity contribution in [1.82, 2.24) is 0 Å². The summed E-state index contributed by atoms with van der Waals surface area (Å²) in [5.41, 5.74) is 2.42. The first-order chi connectivity index (χ1) is 8.25. The van der Waals surface area contributed by atoms with E-state index in [2.05, 4.69) is 12.1 Å². The van der Waals surface area contributed by atoms with Crippen LogP contribution in [0.4, 0.5) is 0 Å². The van der Waals surface area contributed by atoms with E-state index in [1.54, 1.807) is 0 Å². The van der Waals surface area contributed by atoms with Gasteiger partial charge in [-0.1, -0.05) is 48.0 Å². The monoisotopic (exact) mass is 246 g/mol. The molecule has 0 amide bonds. The predicted molar refractivity (Wildman–Crippen MR) is 71.8 cm³/mol. The van der Waals surface area contributed by atoms with Gasteiger partial charge in [-0.05, 0) is 30.2 Å². The third kappa shape index (κ3) is 3.50. The fourth-order valence-electron chi connectivity index (χ4n) is 1.65. The Morgan fingerprint density at radius 1 is 1.06 bits per heavy atom. The Morgan fingerprint density at radius 2 is 1.82 bits per heavy atom. The lowest BCUT2D eigenvalue weighted by molar-refractivity contribution is 0.322. The summed E-state index contributed by atoms with van der Waals surface area (Å²) in [4.78, 5) is 0. The molecule has 0 aliphatic heterocycles. The van der Waals surface area contributed by atoms with Crippen LogP contribution in [0.3, 0.4) is 0 Å². The number of aryl methyl sites for hydroxylation is 1. The quantitative estimate of drug-likeness (QED) is 0.783. The van der Waals surface area contributed by atoms with Crippen LogP contribution in [0.5, 0.6) is 5.75 Å². The third-order valence-electron chi connectivity index (χ3n) is 2.58. The molecule has 0 aromatic heterocycles. The second-order valence-corrected chi connectivity index (χ2v) is 4.43. The molecule has 0 N–H and O–H groups in total. The first-order valence-electron chi connectivity index (χ1n) is 5.68. The smallest absolute Gasteiger partial charge is 0.137 e. The summed E-state index contributed by atoms with van der Waals surface area (Å²) in [5.74, 6) is 0.758. The first kappa shape index (κ1) is 12.0. The minimum absolute atomic E-state index is 0.646. The Labute approximate surface area is 107 Å². The van der Waals surface area contributed by atoms with Crippen molar-refractivity contribution >= 4 is 11.6 Å². The number of hydrogen-bond donors (Lipinski definition) is 0. The van der Waals surface area contributed by atoms with E-state index in [0.717, 1.165) is 17.7 Å². The summed E-state index contributed by atoms with van der Waals surface area (Å²) in [6.45, 7) is 2.66. The molecule has 0 saturated heterocycles. The highest BCUT2D eigenvalue weighted by molar-refractivity contribution is 6.32. The van der Waals surface area contributed by atoms with Gasteiger partial charge in [0.05, 0.1) is 11.6 Å². The summed E-state index contributed by atoms with van der Waals surface area (Å²) in [6, 6.07) is 16.1. The molecule has 0 radical (unpaired) electrons. The molecule has 0 bridgehead atoms. The van der Waals surface area contributed by atoms with E-state index in [1.165, 1.54) is 5.56 Å². The zero-order valence-corrected chi connectivity index (χ0v) is 10.6. The average Bonchev–Trinajstić information content (AvgIpc) is 2.33. The highest BCUT2D eigenvalue weighted by atomic mass is 35.5. The lowest BCUT2D eigenvalue weighted by Gasteiger charge is -2.08. The van der Waals surface area contributed by atoms with Crippen LogP contribution in [-0.4, -0.2) is 6.61 Å². The summed E-state index contributed by atoms with van der Waals surface area (Å²) < 4.78 is 5.66. The van der Waals surface area contributed by atoms with Gasteiger partial charge >= 0.3 is 0 Å². The Morgan fingerprint density at radius 3 is 2.53 bits per heavy atom. The maximum atomic E-state index is 6.09. The van der Waals surface area contributed by atoms with Crippen LogP contribution >= 0.6 is 11.6 Å². The van der Waals surface area contributed by atoms with Gasteiger partial charge in [0, 0.05) is 6.42 Å². The van der Waals surface area contributed by atoms with Crippen molar-refractivity contribution < 1.29 is 4.74 Å². The molecule has 0 unspecified atom stereocenters. The summed E-state index contributed by atoms with van der Waals surface area (Å²) in [7, 11) is 0.